The molecular formula is C14H23N3O. The van der Waals surface area contributed by atoms with Gasteiger partial charge >= 0.3 is 0 Å². The highest BCUT2D eigenvalue weighted by molar-refractivity contribution is 5.31. The van der Waals surface area contributed by atoms with Gasteiger partial charge in [-0.15, -0.1) is 0 Å². The molecule has 0 saturated heterocycles. The van der Waals surface area contributed by atoms with Crippen molar-refractivity contribution in [2.24, 2.45) is 5.92 Å². The van der Waals surface area contributed by atoms with Crippen molar-refractivity contribution < 1.29 is 4.74 Å². The van der Waals surface area contributed by atoms with Crippen LogP contribution in [-0.4, -0.2) is 36.2 Å². The summed E-state index contributed by atoms with van der Waals surface area (Å²) in [5.74, 6) is 1.46. The Morgan fingerprint density at radius 1 is 1.56 bits per heavy atom. The molecule has 1 atom stereocenters. The molecule has 1 saturated carbocycles. The molecule has 1 fully saturated rings. The molecule has 1 aromatic rings. The third-order valence-electron chi connectivity index (χ3n) is 3.69. The highest BCUT2D eigenvalue weighted by Gasteiger charge is 2.31. The van der Waals surface area contributed by atoms with Crippen molar-refractivity contribution in [3.63, 3.8) is 0 Å². The number of nitrogens with zero attached hydrogens (tertiary/aromatic N) is 2. The van der Waals surface area contributed by atoms with Crippen LogP contribution in [0.15, 0.2) is 18.3 Å². The summed E-state index contributed by atoms with van der Waals surface area (Å²) >= 11 is 0. The van der Waals surface area contributed by atoms with Crippen molar-refractivity contribution in [3.05, 3.63) is 23.9 Å². The second-order valence-corrected chi connectivity index (χ2v) is 5.13. The summed E-state index contributed by atoms with van der Waals surface area (Å²) in [7, 11) is 1.75. The first-order valence-electron chi connectivity index (χ1n) is 6.64. The van der Waals surface area contributed by atoms with Crippen molar-refractivity contribution in [1.82, 2.24) is 9.88 Å². The zero-order valence-corrected chi connectivity index (χ0v) is 11.3. The zero-order chi connectivity index (χ0) is 13.0. The Morgan fingerprint density at radius 3 is 2.94 bits per heavy atom. The van der Waals surface area contributed by atoms with Gasteiger partial charge in [-0.1, -0.05) is 0 Å². The van der Waals surface area contributed by atoms with E-state index in [1.54, 1.807) is 13.3 Å². The van der Waals surface area contributed by atoms with E-state index in [1.807, 2.05) is 12.1 Å². The molecule has 0 aromatic carbocycles. The minimum Gasteiger partial charge on any atom is -0.384 e. The minimum absolute atomic E-state index is 0.596. The Morgan fingerprint density at radius 2 is 2.33 bits per heavy atom. The third-order valence-corrected chi connectivity index (χ3v) is 3.69. The number of nitrogen functional groups attached to an aromatic ring is 1. The molecule has 1 heterocycles. The third kappa shape index (κ3) is 3.68. The normalized spacial score (nSPS) is 17.1. The van der Waals surface area contributed by atoms with Gasteiger partial charge in [0.15, 0.2) is 0 Å². The average molecular weight is 249 g/mol. The summed E-state index contributed by atoms with van der Waals surface area (Å²) in [6, 6.07) is 4.62. The van der Waals surface area contributed by atoms with Gasteiger partial charge in [0.1, 0.15) is 5.82 Å². The molecule has 2 N–H and O–H groups in total. The summed E-state index contributed by atoms with van der Waals surface area (Å²) < 4.78 is 5.21. The number of rotatable bonds is 7. The van der Waals surface area contributed by atoms with E-state index < -0.39 is 0 Å². The number of methoxy groups -OCH3 is 1. The SMILES string of the molecule is COCCN(Cc1ccnc(N)c1)C(C)C1CC1. The minimum atomic E-state index is 0.596. The van der Waals surface area contributed by atoms with Crippen LogP contribution in [0.2, 0.25) is 0 Å². The molecule has 0 aliphatic heterocycles. The standard InChI is InChI=1S/C14H23N3O/c1-11(13-3-4-13)17(7-8-18-2)10-12-5-6-16-14(15)9-12/h5-6,9,11,13H,3-4,7-8,10H2,1-2H3,(H2,15,16). The number of hydrogen-bond donors (Lipinski definition) is 1. The van der Waals surface area contributed by atoms with Crippen LogP contribution in [-0.2, 0) is 11.3 Å². The fourth-order valence-corrected chi connectivity index (χ4v) is 2.34. The maximum Gasteiger partial charge on any atom is 0.123 e. The number of hydrogen-bond acceptors (Lipinski definition) is 4. The molecule has 0 radical (unpaired) electrons. The smallest absolute Gasteiger partial charge is 0.123 e. The first kappa shape index (κ1) is 13.3. The molecule has 18 heavy (non-hydrogen) atoms. The first-order valence-corrected chi connectivity index (χ1v) is 6.64. The average Bonchev–Trinajstić information content (AvgIpc) is 3.18. The number of anilines is 1. The Hall–Kier alpha value is -1.13. The molecule has 100 valence electrons. The lowest BCUT2D eigenvalue weighted by Crippen LogP contribution is -2.36. The molecule has 0 spiro atoms. The van der Waals surface area contributed by atoms with Crippen molar-refractivity contribution in [2.75, 3.05) is 26.0 Å². The summed E-state index contributed by atoms with van der Waals surface area (Å²) in [6.45, 7) is 4.99. The predicted octanol–water partition coefficient (Wildman–Crippen LogP) is 1.91. The lowest BCUT2D eigenvalue weighted by Gasteiger charge is -2.29. The molecular weight excluding hydrogens is 226 g/mol. The topological polar surface area (TPSA) is 51.4 Å². The van der Waals surface area contributed by atoms with Crippen molar-refractivity contribution in [1.29, 1.82) is 0 Å². The Balaban J connectivity index is 1.99. The van der Waals surface area contributed by atoms with E-state index in [2.05, 4.69) is 16.8 Å². The molecule has 4 heteroatoms. The van der Waals surface area contributed by atoms with Crippen LogP contribution in [0.25, 0.3) is 0 Å². The van der Waals surface area contributed by atoms with Gasteiger partial charge in [-0.3, -0.25) is 4.90 Å². The monoisotopic (exact) mass is 249 g/mol. The van der Waals surface area contributed by atoms with Gasteiger partial charge in [0, 0.05) is 32.4 Å². The summed E-state index contributed by atoms with van der Waals surface area (Å²) in [6.07, 6.45) is 4.51. The van der Waals surface area contributed by atoms with Gasteiger partial charge in [0.05, 0.1) is 6.61 Å². The Kier molecular flexibility index (Phi) is 4.55. The maximum absolute atomic E-state index is 5.73. The second-order valence-electron chi connectivity index (χ2n) is 5.13. The molecule has 2 rings (SSSR count). The lowest BCUT2D eigenvalue weighted by atomic mass is 10.1. The second kappa shape index (κ2) is 6.16. The van der Waals surface area contributed by atoms with Crippen molar-refractivity contribution >= 4 is 5.82 Å². The fraction of sp³-hybridized carbons (Fsp3) is 0.643. The van der Waals surface area contributed by atoms with E-state index >= 15 is 0 Å². The van der Waals surface area contributed by atoms with Crippen LogP contribution >= 0.6 is 0 Å². The molecule has 0 amide bonds. The summed E-state index contributed by atoms with van der Waals surface area (Å²) in [4.78, 5) is 6.52. The Labute approximate surface area is 109 Å². The summed E-state index contributed by atoms with van der Waals surface area (Å²) in [5.41, 5.74) is 6.96. The van der Waals surface area contributed by atoms with Crippen molar-refractivity contribution in [3.8, 4) is 0 Å². The molecule has 1 aliphatic rings. The predicted molar refractivity (Wildman–Crippen MR) is 73.1 cm³/mol. The number of pyridine rings is 1. The van der Waals surface area contributed by atoms with Gasteiger partial charge < -0.3 is 10.5 Å². The van der Waals surface area contributed by atoms with Gasteiger partial charge in [-0.2, -0.15) is 0 Å². The largest absolute Gasteiger partial charge is 0.384 e. The number of ether oxygens (including phenoxy) is 1. The molecule has 0 bridgehead atoms. The van der Waals surface area contributed by atoms with Crippen LogP contribution in [0, 0.1) is 5.92 Å². The zero-order valence-electron chi connectivity index (χ0n) is 11.3. The quantitative estimate of drug-likeness (QED) is 0.802. The first-order chi connectivity index (χ1) is 8.70. The maximum atomic E-state index is 5.73. The van der Waals surface area contributed by atoms with Crippen LogP contribution in [0.5, 0.6) is 0 Å². The van der Waals surface area contributed by atoms with Crippen LogP contribution < -0.4 is 5.73 Å². The molecule has 1 aliphatic carbocycles. The molecule has 1 unspecified atom stereocenters. The van der Waals surface area contributed by atoms with Gasteiger partial charge in [0.25, 0.3) is 0 Å². The van der Waals surface area contributed by atoms with E-state index in [0.29, 0.717) is 11.9 Å². The molecule has 4 nitrogen and oxygen atoms in total. The van der Waals surface area contributed by atoms with Crippen molar-refractivity contribution in [2.45, 2.75) is 32.4 Å². The van der Waals surface area contributed by atoms with Crippen LogP contribution in [0.1, 0.15) is 25.3 Å². The number of aromatic nitrogens is 1. The number of nitrogens with two attached hydrogens (primary N) is 1. The van der Waals surface area contributed by atoms with Gasteiger partial charge in [-0.05, 0) is 43.4 Å². The van der Waals surface area contributed by atoms with Crippen LogP contribution in [0.4, 0.5) is 5.82 Å². The molecule has 1 aromatic heterocycles. The van der Waals surface area contributed by atoms with E-state index in [9.17, 15) is 0 Å². The van der Waals surface area contributed by atoms with Gasteiger partial charge in [-0.25, -0.2) is 4.98 Å². The summed E-state index contributed by atoms with van der Waals surface area (Å²) in [5, 5.41) is 0. The highest BCUT2D eigenvalue weighted by Crippen LogP contribution is 2.35. The van der Waals surface area contributed by atoms with Gasteiger partial charge in [0.2, 0.25) is 0 Å². The van der Waals surface area contributed by atoms with E-state index in [0.717, 1.165) is 25.6 Å². The highest BCUT2D eigenvalue weighted by atomic mass is 16.5. The van der Waals surface area contributed by atoms with Crippen LogP contribution in [0.3, 0.4) is 0 Å². The van der Waals surface area contributed by atoms with E-state index in [4.69, 9.17) is 10.5 Å². The lowest BCUT2D eigenvalue weighted by molar-refractivity contribution is 0.111. The Bertz CT molecular complexity index is 379. The fourth-order valence-electron chi connectivity index (χ4n) is 2.34. The van der Waals surface area contributed by atoms with E-state index in [1.165, 1.54) is 18.4 Å². The van der Waals surface area contributed by atoms with E-state index in [-0.39, 0.29) is 0 Å².